The molecule has 4 aromatic rings. The van der Waals surface area contributed by atoms with E-state index in [9.17, 15) is 18.3 Å². The van der Waals surface area contributed by atoms with Gasteiger partial charge in [0.05, 0.1) is 5.56 Å². The van der Waals surface area contributed by atoms with Crippen LogP contribution in [0.4, 0.5) is 13.2 Å². The molecule has 4 rings (SSSR count). The van der Waals surface area contributed by atoms with E-state index in [1.165, 1.54) is 11.7 Å². The lowest BCUT2D eigenvalue weighted by Gasteiger charge is -2.10. The van der Waals surface area contributed by atoms with E-state index in [-0.39, 0.29) is 17.0 Å². The number of phenolic OH excluding ortho intramolecular Hbond substituents is 1. The molecule has 0 bridgehead atoms. The number of benzene rings is 2. The Balaban J connectivity index is 1.95. The van der Waals surface area contributed by atoms with Gasteiger partial charge in [0, 0.05) is 0 Å². The summed E-state index contributed by atoms with van der Waals surface area (Å²) in [5.41, 5.74) is 1.33. The van der Waals surface area contributed by atoms with E-state index in [4.69, 9.17) is 0 Å². The highest BCUT2D eigenvalue weighted by Gasteiger charge is 2.34. The highest BCUT2D eigenvalue weighted by atomic mass is 19.4. The number of aromatic nitrogens is 3. The number of fused-ring (bicyclic) bond motifs is 4. The summed E-state index contributed by atoms with van der Waals surface area (Å²) in [6, 6.07) is 9.34. The molecule has 0 saturated heterocycles. The van der Waals surface area contributed by atoms with Crippen LogP contribution in [0.2, 0.25) is 0 Å². The molecule has 2 heterocycles. The first-order chi connectivity index (χ1) is 9.89. The zero-order valence-electron chi connectivity index (χ0n) is 10.9. The molecule has 2 aromatic carbocycles. The van der Waals surface area contributed by atoms with Crippen molar-refractivity contribution < 1.29 is 18.3 Å². The van der Waals surface area contributed by atoms with Crippen LogP contribution in [-0.2, 0) is 6.18 Å². The van der Waals surface area contributed by atoms with E-state index in [0.717, 1.165) is 23.2 Å². The Morgan fingerprint density at radius 2 is 1.57 bits per heavy atom. The Labute approximate surface area is 116 Å². The molecular formula is C14H10F3N3O. The smallest absolute Gasteiger partial charge is 0.416 e. The zero-order valence-corrected chi connectivity index (χ0v) is 10.9. The summed E-state index contributed by atoms with van der Waals surface area (Å²) in [6.07, 6.45) is -4.44. The van der Waals surface area contributed by atoms with Crippen molar-refractivity contribution >= 4 is 11.0 Å². The lowest BCUT2D eigenvalue weighted by Crippen LogP contribution is -2.06. The molecule has 2 aromatic heterocycles. The maximum atomic E-state index is 12.9. The number of alkyl halides is 3. The van der Waals surface area contributed by atoms with Gasteiger partial charge in [0.2, 0.25) is 0 Å². The quantitative estimate of drug-likeness (QED) is 0.573. The lowest BCUT2D eigenvalue weighted by atomic mass is 10.1. The summed E-state index contributed by atoms with van der Waals surface area (Å²) in [5, 5.41) is 10.1. The Bertz CT molecular complexity index is 916. The summed E-state index contributed by atoms with van der Waals surface area (Å²) in [6.45, 7) is 1.46. The van der Waals surface area contributed by atoms with Gasteiger partial charge in [0.15, 0.2) is 0 Å². The summed E-state index contributed by atoms with van der Waals surface area (Å²) in [7, 11) is 0. The minimum Gasteiger partial charge on any atom is -0.505 e. The SMILES string of the molecule is Cc1cc(C(F)(F)F)cc(-n2n3c4ccccc4n23)c1O. The van der Waals surface area contributed by atoms with Gasteiger partial charge in [0.25, 0.3) is 0 Å². The minimum absolute atomic E-state index is 0.124. The standard InChI is InChI=1S/C14H10F3N3O/c1-8-6-9(14(15,16)17)7-12(13(8)21)20-18-10-4-2-3-5-11(10)19(18)20/h2-7,21H,1H3. The van der Waals surface area contributed by atoms with E-state index >= 15 is 0 Å². The van der Waals surface area contributed by atoms with E-state index in [0.29, 0.717) is 0 Å². The van der Waals surface area contributed by atoms with Crippen molar-refractivity contribution in [2.24, 2.45) is 0 Å². The molecule has 0 aliphatic rings. The number of nitrogens with zero attached hydrogens (tertiary/aromatic N) is 3. The molecule has 0 fully saturated rings. The zero-order chi connectivity index (χ0) is 14.9. The average molecular weight is 293 g/mol. The van der Waals surface area contributed by atoms with Crippen molar-refractivity contribution in [2.45, 2.75) is 13.1 Å². The predicted octanol–water partition coefficient (Wildman–Crippen LogP) is 3.45. The predicted molar refractivity (Wildman–Crippen MR) is 70.3 cm³/mol. The van der Waals surface area contributed by atoms with Crippen LogP contribution in [-0.4, -0.2) is 19.2 Å². The molecule has 0 aliphatic heterocycles. The molecule has 0 atom stereocenters. The largest absolute Gasteiger partial charge is 0.505 e. The number of aromatic hydroxyl groups is 1. The molecule has 7 heteroatoms. The summed E-state index contributed by atoms with van der Waals surface area (Å²) in [4.78, 5) is 1.52. The molecule has 0 unspecified atom stereocenters. The molecule has 0 spiro atoms. The van der Waals surface area contributed by atoms with Crippen molar-refractivity contribution in [3.05, 3.63) is 47.5 Å². The van der Waals surface area contributed by atoms with Crippen LogP contribution in [0.15, 0.2) is 36.4 Å². The van der Waals surface area contributed by atoms with Crippen LogP contribution in [0, 0.1) is 6.92 Å². The minimum atomic E-state index is -4.44. The fourth-order valence-electron chi connectivity index (χ4n) is 2.57. The second kappa shape index (κ2) is 3.55. The monoisotopic (exact) mass is 293 g/mol. The van der Waals surface area contributed by atoms with Crippen molar-refractivity contribution in [1.29, 1.82) is 0 Å². The molecular weight excluding hydrogens is 283 g/mol. The van der Waals surface area contributed by atoms with Gasteiger partial charge in [-0.1, -0.05) is 12.1 Å². The number of phenols is 1. The Morgan fingerprint density at radius 3 is 2.10 bits per heavy atom. The van der Waals surface area contributed by atoms with Crippen LogP contribution >= 0.6 is 0 Å². The number of para-hydroxylation sites is 2. The van der Waals surface area contributed by atoms with Crippen LogP contribution in [0.3, 0.4) is 0 Å². The number of aryl methyl sites for hydroxylation is 1. The van der Waals surface area contributed by atoms with Gasteiger partial charge in [-0.05, 0) is 36.8 Å². The van der Waals surface area contributed by atoms with Gasteiger partial charge in [-0.2, -0.15) is 13.2 Å². The molecule has 4 nitrogen and oxygen atoms in total. The number of hydrogen-bond donors (Lipinski definition) is 1. The first kappa shape index (κ1) is 12.2. The number of rotatable bonds is 1. The maximum Gasteiger partial charge on any atom is 0.416 e. The van der Waals surface area contributed by atoms with Crippen LogP contribution in [0.5, 0.6) is 5.75 Å². The van der Waals surface area contributed by atoms with Gasteiger partial charge in [0.1, 0.15) is 22.5 Å². The number of halogens is 3. The number of hydrogen-bond acceptors (Lipinski definition) is 1. The van der Waals surface area contributed by atoms with Gasteiger partial charge < -0.3 is 5.11 Å². The van der Waals surface area contributed by atoms with Crippen molar-refractivity contribution in [3.63, 3.8) is 0 Å². The topological polar surface area (TPSA) is 34.0 Å². The summed E-state index contributed by atoms with van der Waals surface area (Å²) >= 11 is 0. The Hall–Kier alpha value is -2.57. The fourth-order valence-corrected chi connectivity index (χ4v) is 2.57. The van der Waals surface area contributed by atoms with Gasteiger partial charge in [-0.15, -0.1) is 14.1 Å². The van der Waals surface area contributed by atoms with E-state index in [1.54, 1.807) is 9.26 Å². The third kappa shape index (κ3) is 1.51. The second-order valence-electron chi connectivity index (χ2n) is 5.02. The van der Waals surface area contributed by atoms with Crippen LogP contribution in [0.25, 0.3) is 16.7 Å². The average Bonchev–Trinajstić information content (AvgIpc) is 3.06. The molecule has 108 valence electrons. The first-order valence-corrected chi connectivity index (χ1v) is 6.29. The van der Waals surface area contributed by atoms with Gasteiger partial charge in [-0.25, -0.2) is 0 Å². The summed E-state index contributed by atoms with van der Waals surface area (Å²) in [5.74, 6) is -0.150. The maximum absolute atomic E-state index is 12.9. The van der Waals surface area contributed by atoms with Crippen molar-refractivity contribution in [1.82, 2.24) is 14.1 Å². The molecule has 0 aliphatic carbocycles. The van der Waals surface area contributed by atoms with E-state index in [2.05, 4.69) is 0 Å². The van der Waals surface area contributed by atoms with Crippen LogP contribution in [0.1, 0.15) is 11.1 Å². The highest BCUT2D eigenvalue weighted by molar-refractivity contribution is 5.79. The third-order valence-corrected chi connectivity index (χ3v) is 3.64. The Morgan fingerprint density at radius 1 is 1.00 bits per heavy atom. The van der Waals surface area contributed by atoms with Crippen molar-refractivity contribution in [2.75, 3.05) is 0 Å². The highest BCUT2D eigenvalue weighted by Crippen LogP contribution is 2.38. The lowest BCUT2D eigenvalue weighted by molar-refractivity contribution is -0.137. The Kier molecular flexibility index (Phi) is 2.06. The van der Waals surface area contributed by atoms with Crippen molar-refractivity contribution in [3.8, 4) is 11.4 Å². The van der Waals surface area contributed by atoms with Gasteiger partial charge in [-0.3, -0.25) is 0 Å². The second-order valence-corrected chi connectivity index (χ2v) is 5.02. The van der Waals surface area contributed by atoms with E-state index < -0.39 is 11.7 Å². The molecule has 1 N–H and O–H groups in total. The third-order valence-electron chi connectivity index (χ3n) is 3.64. The summed E-state index contributed by atoms with van der Waals surface area (Å²) < 4.78 is 42.1. The molecule has 0 radical (unpaired) electrons. The molecule has 0 saturated carbocycles. The van der Waals surface area contributed by atoms with Gasteiger partial charge >= 0.3 is 6.18 Å². The molecule has 21 heavy (non-hydrogen) atoms. The normalized spacial score (nSPS) is 13.0. The van der Waals surface area contributed by atoms with E-state index in [1.807, 2.05) is 24.3 Å². The van der Waals surface area contributed by atoms with Crippen LogP contribution < -0.4 is 0 Å². The first-order valence-electron chi connectivity index (χ1n) is 6.29. The molecule has 0 amide bonds. The fraction of sp³-hybridized carbons (Fsp3) is 0.143.